The van der Waals surface area contributed by atoms with Crippen LogP contribution in [0.2, 0.25) is 0 Å². The van der Waals surface area contributed by atoms with Crippen molar-refractivity contribution in [2.75, 3.05) is 13.1 Å². The van der Waals surface area contributed by atoms with E-state index in [9.17, 15) is 9.90 Å². The van der Waals surface area contributed by atoms with Crippen molar-refractivity contribution in [3.05, 3.63) is 0 Å². The van der Waals surface area contributed by atoms with Crippen molar-refractivity contribution >= 4 is 17.7 Å². The molecule has 1 N–H and O–H groups in total. The first-order valence-electron chi connectivity index (χ1n) is 8.79. The molecule has 3 fully saturated rings. The molecule has 2 saturated carbocycles. The molecule has 0 bridgehead atoms. The Morgan fingerprint density at radius 1 is 1.43 bits per heavy atom. The van der Waals surface area contributed by atoms with Gasteiger partial charge >= 0.3 is 0 Å². The van der Waals surface area contributed by atoms with Crippen molar-refractivity contribution in [1.82, 2.24) is 9.32 Å². The van der Waals surface area contributed by atoms with Gasteiger partial charge in [-0.3, -0.25) is 4.79 Å². The monoisotopic (exact) mass is 339 g/mol. The number of halogens is 1. The number of carbonyl (C=O) groups is 1. The van der Waals surface area contributed by atoms with Gasteiger partial charge in [-0.1, -0.05) is 6.92 Å². The molecular formula is C17H26ClN3O2. The molecule has 5 atom stereocenters. The molecular weight excluding hydrogens is 314 g/mol. The van der Waals surface area contributed by atoms with E-state index < -0.39 is 5.60 Å². The Balaban J connectivity index is 1.52. The molecule has 0 radical (unpaired) electrons. The Morgan fingerprint density at radius 3 is 2.65 bits per heavy atom. The lowest BCUT2D eigenvalue weighted by molar-refractivity contribution is -0.131. The molecule has 1 heterocycles. The van der Waals surface area contributed by atoms with Gasteiger partial charge in [0, 0.05) is 12.6 Å². The second-order valence-corrected chi connectivity index (χ2v) is 8.00. The number of hydrogen-bond donors (Lipinski definition) is 1. The van der Waals surface area contributed by atoms with Crippen LogP contribution in [-0.4, -0.2) is 51.1 Å². The van der Waals surface area contributed by atoms with E-state index in [-0.39, 0.29) is 24.5 Å². The van der Waals surface area contributed by atoms with Gasteiger partial charge in [-0.15, -0.1) is 0 Å². The minimum Gasteiger partial charge on any atom is -0.390 e. The highest BCUT2D eigenvalue weighted by atomic mass is 35.5. The molecule has 2 aliphatic carbocycles. The van der Waals surface area contributed by atoms with Crippen molar-refractivity contribution in [3.63, 3.8) is 0 Å². The molecule has 23 heavy (non-hydrogen) atoms. The Bertz CT molecular complexity index is 493. The van der Waals surface area contributed by atoms with Crippen LogP contribution in [0.25, 0.3) is 0 Å². The number of rotatable bonds is 4. The van der Waals surface area contributed by atoms with E-state index in [0.29, 0.717) is 18.4 Å². The van der Waals surface area contributed by atoms with Gasteiger partial charge in [-0.2, -0.15) is 5.26 Å². The number of nitrogens with zero attached hydrogens (tertiary/aromatic N) is 3. The maximum Gasteiger partial charge on any atom is 0.239 e. The van der Waals surface area contributed by atoms with Gasteiger partial charge in [-0.25, -0.2) is 4.42 Å². The molecule has 1 amide bonds. The summed E-state index contributed by atoms with van der Waals surface area (Å²) >= 11 is 6.41. The number of nitriles is 1. The number of carbonyl (C=O) groups excluding carboxylic acids is 1. The summed E-state index contributed by atoms with van der Waals surface area (Å²) in [7, 11) is 0. The first kappa shape index (κ1) is 17.0. The summed E-state index contributed by atoms with van der Waals surface area (Å²) in [5, 5.41) is 19.5. The van der Waals surface area contributed by atoms with E-state index >= 15 is 0 Å². The van der Waals surface area contributed by atoms with E-state index in [4.69, 9.17) is 17.0 Å². The first-order chi connectivity index (χ1) is 11.0. The van der Waals surface area contributed by atoms with Crippen molar-refractivity contribution in [2.45, 2.75) is 69.6 Å². The minimum atomic E-state index is -0.483. The first-order valence-corrected chi connectivity index (χ1v) is 9.13. The van der Waals surface area contributed by atoms with Crippen LogP contribution in [0.5, 0.6) is 0 Å². The second kappa shape index (κ2) is 6.58. The van der Waals surface area contributed by atoms with Crippen LogP contribution in [0.15, 0.2) is 0 Å². The van der Waals surface area contributed by atoms with E-state index in [1.54, 1.807) is 9.32 Å². The van der Waals surface area contributed by atoms with Crippen molar-refractivity contribution < 1.29 is 9.90 Å². The fourth-order valence-corrected chi connectivity index (χ4v) is 5.07. The topological polar surface area (TPSA) is 67.6 Å². The molecule has 0 aromatic carbocycles. The van der Waals surface area contributed by atoms with Gasteiger partial charge in [-0.05, 0) is 68.6 Å². The summed E-state index contributed by atoms with van der Waals surface area (Å²) in [4.78, 5) is 14.1. The van der Waals surface area contributed by atoms with Crippen LogP contribution in [0.3, 0.4) is 0 Å². The zero-order valence-electron chi connectivity index (χ0n) is 13.7. The van der Waals surface area contributed by atoms with Crippen LogP contribution < -0.4 is 0 Å². The Labute approximate surface area is 143 Å². The molecule has 3 aliphatic rings. The third kappa shape index (κ3) is 3.35. The quantitative estimate of drug-likeness (QED) is 0.798. The molecule has 0 aromatic heterocycles. The highest BCUT2D eigenvalue weighted by molar-refractivity contribution is 6.14. The largest absolute Gasteiger partial charge is 0.390 e. The molecule has 6 heteroatoms. The lowest BCUT2D eigenvalue weighted by Crippen LogP contribution is -2.42. The maximum atomic E-state index is 12.4. The van der Waals surface area contributed by atoms with E-state index in [1.807, 2.05) is 6.92 Å². The summed E-state index contributed by atoms with van der Waals surface area (Å²) in [6, 6.07) is 2.13. The average molecular weight is 340 g/mol. The standard InChI is InChI=1S/C17H26ClN3O2/c1-2-17(23)8-12-6-15(7-13(12)9-17)21(18)11-16(22)20-5-3-4-14(20)10-19/h12-15,23H,2-9,11H2,1H3/t12-,13+,14-,15?,17?/m0/s1. The minimum absolute atomic E-state index is 0.0360. The Morgan fingerprint density at radius 2 is 2.09 bits per heavy atom. The summed E-state index contributed by atoms with van der Waals surface area (Å²) in [6.45, 7) is 2.90. The number of amides is 1. The number of likely N-dealkylation sites (tertiary alicyclic amines) is 1. The summed E-state index contributed by atoms with van der Waals surface area (Å²) < 4.78 is 1.65. The van der Waals surface area contributed by atoms with E-state index in [0.717, 1.165) is 44.9 Å². The third-order valence-electron chi connectivity index (χ3n) is 6.16. The van der Waals surface area contributed by atoms with Gasteiger partial charge in [0.2, 0.25) is 5.91 Å². The molecule has 0 spiro atoms. The molecule has 1 aliphatic heterocycles. The molecule has 2 unspecified atom stereocenters. The fraction of sp³-hybridized carbons (Fsp3) is 0.882. The zero-order chi connectivity index (χ0) is 16.6. The average Bonchev–Trinajstić information content (AvgIpc) is 3.19. The molecule has 5 nitrogen and oxygen atoms in total. The van der Waals surface area contributed by atoms with Crippen LogP contribution in [0.4, 0.5) is 0 Å². The van der Waals surface area contributed by atoms with Gasteiger partial charge in [0.05, 0.1) is 18.2 Å². The van der Waals surface area contributed by atoms with Crippen LogP contribution in [0.1, 0.15) is 51.9 Å². The molecule has 3 rings (SSSR count). The normalized spacial score (nSPS) is 39.7. The van der Waals surface area contributed by atoms with Crippen LogP contribution in [0, 0.1) is 23.2 Å². The fourth-order valence-electron chi connectivity index (χ4n) is 4.81. The lowest BCUT2D eigenvalue weighted by Gasteiger charge is -2.27. The van der Waals surface area contributed by atoms with Crippen molar-refractivity contribution in [2.24, 2.45) is 11.8 Å². The summed E-state index contributed by atoms with van der Waals surface area (Å²) in [5.41, 5.74) is -0.483. The van der Waals surface area contributed by atoms with Crippen LogP contribution >= 0.6 is 11.8 Å². The highest BCUT2D eigenvalue weighted by Crippen LogP contribution is 2.51. The van der Waals surface area contributed by atoms with E-state index in [2.05, 4.69) is 6.07 Å². The van der Waals surface area contributed by atoms with Gasteiger partial charge in [0.1, 0.15) is 6.04 Å². The highest BCUT2D eigenvalue weighted by Gasteiger charge is 2.49. The smallest absolute Gasteiger partial charge is 0.239 e. The van der Waals surface area contributed by atoms with Gasteiger partial charge in [0.15, 0.2) is 0 Å². The predicted octanol–water partition coefficient (Wildman–Crippen LogP) is 2.29. The van der Waals surface area contributed by atoms with Gasteiger partial charge in [0.25, 0.3) is 0 Å². The molecule has 1 saturated heterocycles. The zero-order valence-corrected chi connectivity index (χ0v) is 14.5. The molecule has 128 valence electrons. The Hall–Kier alpha value is -0.830. The van der Waals surface area contributed by atoms with E-state index in [1.165, 1.54) is 0 Å². The lowest BCUT2D eigenvalue weighted by atomic mass is 9.94. The second-order valence-electron chi connectivity index (χ2n) is 7.56. The van der Waals surface area contributed by atoms with Crippen molar-refractivity contribution in [3.8, 4) is 6.07 Å². The predicted molar refractivity (Wildman–Crippen MR) is 87.4 cm³/mol. The van der Waals surface area contributed by atoms with Gasteiger partial charge < -0.3 is 10.0 Å². The number of aliphatic hydroxyl groups is 1. The van der Waals surface area contributed by atoms with Crippen molar-refractivity contribution in [1.29, 1.82) is 5.26 Å². The third-order valence-corrected chi connectivity index (χ3v) is 6.56. The summed E-state index contributed by atoms with van der Waals surface area (Å²) in [6.07, 6.45) is 6.15. The van der Waals surface area contributed by atoms with Crippen LogP contribution in [-0.2, 0) is 4.79 Å². The SMILES string of the molecule is CCC1(O)C[C@H]2CC(N(Cl)CC(=O)N3CCC[C@H]3C#N)C[C@H]2C1. The molecule has 0 aromatic rings. The number of fused-ring (bicyclic) bond motifs is 1. The number of hydrogen-bond acceptors (Lipinski definition) is 4. The Kier molecular flexibility index (Phi) is 4.87. The maximum absolute atomic E-state index is 12.4. The summed E-state index contributed by atoms with van der Waals surface area (Å²) in [5.74, 6) is 1.02.